The van der Waals surface area contributed by atoms with Crippen LogP contribution >= 0.6 is 11.6 Å². The summed E-state index contributed by atoms with van der Waals surface area (Å²) in [6.45, 7) is 15.3. The van der Waals surface area contributed by atoms with Crippen LogP contribution < -0.4 is 10.8 Å². The summed E-state index contributed by atoms with van der Waals surface area (Å²) in [7, 11) is -0.523. The third kappa shape index (κ3) is 6.22. The Morgan fingerprint density at radius 1 is 1.15 bits per heavy atom. The molecule has 0 radical (unpaired) electrons. The molecule has 2 aliphatic heterocycles. The Morgan fingerprint density at radius 2 is 1.73 bits per heavy atom. The molecule has 0 aliphatic carbocycles. The highest BCUT2D eigenvalue weighted by molar-refractivity contribution is 6.62. The Bertz CT molecular complexity index is 875. The maximum Gasteiger partial charge on any atom is 0.494 e. The number of halogens is 1. The second kappa shape index (κ2) is 9.47. The van der Waals surface area contributed by atoms with Crippen LogP contribution in [0.1, 0.15) is 71.7 Å². The summed E-state index contributed by atoms with van der Waals surface area (Å²) >= 11 is 6.51. The van der Waals surface area contributed by atoms with E-state index in [-0.39, 0.29) is 5.91 Å². The molecule has 0 unspecified atom stereocenters. The summed E-state index contributed by atoms with van der Waals surface area (Å²) in [5.41, 5.74) is -0.135. The average molecular weight is 479 g/mol. The number of ether oxygens (including phenoxy) is 1. The third-order valence-corrected chi connectivity index (χ3v) is 6.90. The van der Waals surface area contributed by atoms with Gasteiger partial charge in [0.05, 0.1) is 21.8 Å². The zero-order valence-corrected chi connectivity index (χ0v) is 21.5. The highest BCUT2D eigenvalue weighted by Crippen LogP contribution is 2.36. The number of piperidine rings is 1. The number of likely N-dealkylation sites (tertiary alicyclic amines) is 1. The Balaban J connectivity index is 1.54. The number of benzene rings is 1. The van der Waals surface area contributed by atoms with Gasteiger partial charge in [0.2, 0.25) is 0 Å². The van der Waals surface area contributed by atoms with Crippen molar-refractivity contribution in [3.05, 3.63) is 28.8 Å². The summed E-state index contributed by atoms with van der Waals surface area (Å²) in [5, 5.41) is 3.22. The van der Waals surface area contributed by atoms with Crippen molar-refractivity contribution >= 4 is 36.2 Å². The largest absolute Gasteiger partial charge is 0.494 e. The van der Waals surface area contributed by atoms with Gasteiger partial charge in [0.1, 0.15) is 5.60 Å². The highest BCUT2D eigenvalue weighted by atomic mass is 35.5. The Morgan fingerprint density at radius 3 is 2.24 bits per heavy atom. The molecule has 3 rings (SSSR count). The van der Waals surface area contributed by atoms with E-state index in [9.17, 15) is 9.59 Å². The second-order valence-corrected chi connectivity index (χ2v) is 11.4. The molecule has 1 aromatic carbocycles. The molecule has 1 N–H and O–H groups in total. The maximum atomic E-state index is 13.1. The fraction of sp³-hybridized carbons (Fsp3) is 0.667. The quantitative estimate of drug-likeness (QED) is 0.662. The molecular weight excluding hydrogens is 443 g/mol. The molecule has 0 saturated carbocycles. The lowest BCUT2D eigenvalue weighted by molar-refractivity contribution is 0.00578. The van der Waals surface area contributed by atoms with Crippen LogP contribution in [0.25, 0.3) is 0 Å². The number of nitrogens with one attached hydrogen (secondary N) is 1. The minimum Gasteiger partial charge on any atom is -0.444 e. The van der Waals surface area contributed by atoms with Crippen molar-refractivity contribution in [3.8, 4) is 0 Å². The molecule has 0 bridgehead atoms. The Labute approximate surface area is 202 Å². The molecular formula is C24H36BClN2O5. The zero-order chi connectivity index (χ0) is 24.6. The van der Waals surface area contributed by atoms with Crippen LogP contribution in [0.3, 0.4) is 0 Å². The van der Waals surface area contributed by atoms with Crippen LogP contribution in [-0.4, -0.2) is 60.5 Å². The van der Waals surface area contributed by atoms with Crippen molar-refractivity contribution in [2.24, 2.45) is 5.92 Å². The summed E-state index contributed by atoms with van der Waals surface area (Å²) in [5.74, 6) is 0.224. The first kappa shape index (κ1) is 25.9. The van der Waals surface area contributed by atoms with Crippen LogP contribution in [0.5, 0.6) is 0 Å². The van der Waals surface area contributed by atoms with Crippen molar-refractivity contribution in [1.82, 2.24) is 10.2 Å². The molecule has 2 heterocycles. The normalized spacial score (nSPS) is 20.6. The predicted octanol–water partition coefficient (Wildman–Crippen LogP) is 4.02. The maximum absolute atomic E-state index is 13.1. The van der Waals surface area contributed by atoms with E-state index in [4.69, 9.17) is 25.6 Å². The topological polar surface area (TPSA) is 77.1 Å². The minimum atomic E-state index is -0.523. The number of alkyl carbamates (subject to hydrolysis) is 1. The summed E-state index contributed by atoms with van der Waals surface area (Å²) < 4.78 is 17.5. The van der Waals surface area contributed by atoms with Gasteiger partial charge >= 0.3 is 13.2 Å². The third-order valence-electron chi connectivity index (χ3n) is 6.58. The van der Waals surface area contributed by atoms with Crippen LogP contribution in [0, 0.1) is 5.92 Å². The lowest BCUT2D eigenvalue weighted by Crippen LogP contribution is -2.42. The molecule has 9 heteroatoms. The van der Waals surface area contributed by atoms with Gasteiger partial charge in [-0.2, -0.15) is 0 Å². The minimum absolute atomic E-state index is 0.0842. The van der Waals surface area contributed by atoms with Crippen molar-refractivity contribution in [1.29, 1.82) is 0 Å². The SMILES string of the molecule is CC(C)(C)OC(=O)NCC1CCN(C(=O)c2ccc(B3OC(C)(C)C(C)(C)O3)cc2Cl)CC1. The van der Waals surface area contributed by atoms with Crippen molar-refractivity contribution < 1.29 is 23.6 Å². The van der Waals surface area contributed by atoms with Crippen molar-refractivity contribution in [2.75, 3.05) is 19.6 Å². The fourth-order valence-electron chi connectivity index (χ4n) is 3.88. The van der Waals surface area contributed by atoms with E-state index >= 15 is 0 Å². The van der Waals surface area contributed by atoms with Crippen LogP contribution in [-0.2, 0) is 14.0 Å². The van der Waals surface area contributed by atoms with E-state index in [1.54, 1.807) is 12.1 Å². The number of hydrogen-bond acceptors (Lipinski definition) is 5. The summed E-state index contributed by atoms with van der Waals surface area (Å²) in [6.07, 6.45) is 1.21. The zero-order valence-electron chi connectivity index (χ0n) is 20.8. The van der Waals surface area contributed by atoms with Gasteiger partial charge in [-0.15, -0.1) is 0 Å². The van der Waals surface area contributed by atoms with Crippen LogP contribution in [0.15, 0.2) is 18.2 Å². The molecule has 2 aliphatic rings. The number of nitrogens with zero attached hydrogens (tertiary/aromatic N) is 1. The molecule has 33 heavy (non-hydrogen) atoms. The highest BCUT2D eigenvalue weighted by Gasteiger charge is 2.51. The molecule has 0 atom stereocenters. The second-order valence-electron chi connectivity index (χ2n) is 10.9. The van der Waals surface area contributed by atoms with Crippen molar-refractivity contribution in [2.45, 2.75) is 78.1 Å². The monoisotopic (exact) mass is 478 g/mol. The van der Waals surface area contributed by atoms with Gasteiger partial charge in [-0.3, -0.25) is 4.79 Å². The van der Waals surface area contributed by atoms with Crippen LogP contribution in [0.4, 0.5) is 4.79 Å². The molecule has 2 saturated heterocycles. The Kier molecular flexibility index (Phi) is 7.42. The van der Waals surface area contributed by atoms with Gasteiger partial charge in [-0.05, 0) is 84.8 Å². The number of carbonyl (C=O) groups is 2. The van der Waals surface area contributed by atoms with Crippen molar-refractivity contribution in [3.63, 3.8) is 0 Å². The van der Waals surface area contributed by atoms with E-state index in [0.29, 0.717) is 36.1 Å². The van der Waals surface area contributed by atoms with E-state index in [1.807, 2.05) is 59.4 Å². The first-order valence-electron chi connectivity index (χ1n) is 11.6. The molecule has 1 aromatic rings. The fourth-order valence-corrected chi connectivity index (χ4v) is 4.15. The molecule has 182 valence electrons. The number of hydrogen-bond donors (Lipinski definition) is 1. The van der Waals surface area contributed by atoms with Gasteiger partial charge in [-0.25, -0.2) is 4.79 Å². The first-order valence-corrected chi connectivity index (χ1v) is 12.0. The van der Waals surface area contributed by atoms with Gasteiger partial charge in [0, 0.05) is 19.6 Å². The summed E-state index contributed by atoms with van der Waals surface area (Å²) in [6, 6.07) is 5.36. The average Bonchev–Trinajstić information content (AvgIpc) is 2.92. The van der Waals surface area contributed by atoms with E-state index in [2.05, 4.69) is 5.32 Å². The lowest BCUT2D eigenvalue weighted by atomic mass is 9.79. The Hall–Kier alpha value is -1.77. The van der Waals surface area contributed by atoms with Gasteiger partial charge < -0.3 is 24.3 Å². The van der Waals surface area contributed by atoms with E-state index in [1.165, 1.54) is 0 Å². The summed E-state index contributed by atoms with van der Waals surface area (Å²) in [4.78, 5) is 26.8. The van der Waals surface area contributed by atoms with Crippen LogP contribution in [0.2, 0.25) is 5.02 Å². The van der Waals surface area contributed by atoms with E-state index < -0.39 is 30.0 Å². The number of rotatable bonds is 4. The molecule has 7 nitrogen and oxygen atoms in total. The molecule has 0 aromatic heterocycles. The van der Waals surface area contributed by atoms with Gasteiger partial charge in [0.15, 0.2) is 0 Å². The first-order chi connectivity index (χ1) is 15.2. The standard InChI is InChI=1S/C24H36BClN2O5/c1-22(2,3)31-21(30)27-15-16-10-12-28(13-11-16)20(29)18-9-8-17(14-19(18)26)25-32-23(4,5)24(6,7)33-25/h8-9,14,16H,10-13,15H2,1-7H3,(H,27,30). The van der Waals surface area contributed by atoms with Gasteiger partial charge in [-0.1, -0.05) is 17.7 Å². The lowest BCUT2D eigenvalue weighted by Gasteiger charge is -2.32. The predicted molar refractivity (Wildman–Crippen MR) is 130 cm³/mol. The molecule has 0 spiro atoms. The molecule has 2 fully saturated rings. The number of carbonyl (C=O) groups excluding carboxylic acids is 2. The van der Waals surface area contributed by atoms with E-state index in [0.717, 1.165) is 18.3 Å². The number of amides is 2. The molecule has 2 amide bonds. The van der Waals surface area contributed by atoms with Gasteiger partial charge in [0.25, 0.3) is 5.91 Å². The smallest absolute Gasteiger partial charge is 0.444 e.